The Morgan fingerprint density at radius 2 is 1.42 bits per heavy atom. The maximum Gasteiger partial charge on any atom is 0.410 e. The van der Waals surface area contributed by atoms with Crippen molar-refractivity contribution >= 4 is 17.9 Å². The molecule has 4 aliphatic rings. The maximum atomic E-state index is 14.4. The zero-order valence-electron chi connectivity index (χ0n) is 37.1. The van der Waals surface area contributed by atoms with Crippen LogP contribution in [0.4, 0.5) is 4.79 Å². The molecule has 0 aliphatic carbocycles. The molecule has 13 heteroatoms. The van der Waals surface area contributed by atoms with E-state index in [9.17, 15) is 14.4 Å². The Kier molecular flexibility index (Phi) is 14.3. The topological polar surface area (TPSA) is 128 Å². The number of nitrogens with zero attached hydrogens (tertiary/aromatic N) is 3. The molecule has 1 N–H and O–H groups in total. The van der Waals surface area contributed by atoms with Crippen molar-refractivity contribution in [2.24, 2.45) is 17.8 Å². The van der Waals surface area contributed by atoms with E-state index in [-0.39, 0.29) is 42.9 Å². The van der Waals surface area contributed by atoms with Gasteiger partial charge in [-0.1, -0.05) is 20.3 Å². The predicted molar refractivity (Wildman–Crippen MR) is 225 cm³/mol. The first kappa shape index (κ1) is 44.3. The van der Waals surface area contributed by atoms with E-state index >= 15 is 0 Å². The van der Waals surface area contributed by atoms with Crippen LogP contribution < -0.4 is 24.3 Å². The van der Waals surface area contributed by atoms with Gasteiger partial charge < -0.3 is 43.5 Å². The smallest absolute Gasteiger partial charge is 0.410 e. The van der Waals surface area contributed by atoms with Gasteiger partial charge in [0.1, 0.15) is 5.60 Å². The maximum absolute atomic E-state index is 14.4. The Balaban J connectivity index is 1.19. The SMILES string of the molecule is CC[C@H]1CN2CCc3cc(OC)c(OC)cc3[C@@H]2C[C@@H]1C[C@@H]1c2cc(OC)c(OC)cc2CCN1C(=O)CCNC(=O)[C@H](C)[C@@H](OC)[C@@H]1CCCN1C(=O)OC(C)(C)C. The Hall–Kier alpha value is -4.23. The molecule has 0 spiro atoms. The zero-order valence-corrected chi connectivity index (χ0v) is 37.1. The minimum Gasteiger partial charge on any atom is -0.493 e. The van der Waals surface area contributed by atoms with Gasteiger partial charge in [0, 0.05) is 52.3 Å². The second-order valence-electron chi connectivity index (χ2n) is 17.7. The summed E-state index contributed by atoms with van der Waals surface area (Å²) in [5.74, 6) is 2.91. The van der Waals surface area contributed by atoms with Gasteiger partial charge in [0.05, 0.1) is 52.5 Å². The summed E-state index contributed by atoms with van der Waals surface area (Å²) in [5, 5.41) is 3.03. The molecule has 0 saturated carbocycles. The highest BCUT2D eigenvalue weighted by Gasteiger charge is 2.43. The average Bonchev–Trinajstić information content (AvgIpc) is 3.71. The lowest BCUT2D eigenvalue weighted by Gasteiger charge is -2.49. The first-order chi connectivity index (χ1) is 28.2. The van der Waals surface area contributed by atoms with Crippen molar-refractivity contribution in [1.29, 1.82) is 0 Å². The number of carbonyl (C=O) groups is 3. The van der Waals surface area contributed by atoms with E-state index in [2.05, 4.69) is 41.4 Å². The number of rotatable bonds is 14. The number of hydrogen-bond acceptors (Lipinski definition) is 10. The third kappa shape index (κ3) is 9.56. The summed E-state index contributed by atoms with van der Waals surface area (Å²) in [6.07, 6.45) is 5.28. The molecular formula is C46H68N4O9. The van der Waals surface area contributed by atoms with Crippen LogP contribution in [0, 0.1) is 17.8 Å². The van der Waals surface area contributed by atoms with Crippen molar-refractivity contribution in [1.82, 2.24) is 20.0 Å². The summed E-state index contributed by atoms with van der Waals surface area (Å²) in [6, 6.07) is 8.25. The Morgan fingerprint density at radius 1 is 0.814 bits per heavy atom. The van der Waals surface area contributed by atoms with Gasteiger partial charge in [-0.15, -0.1) is 0 Å². The van der Waals surface area contributed by atoms with Crippen molar-refractivity contribution in [2.75, 3.05) is 68.3 Å². The van der Waals surface area contributed by atoms with Gasteiger partial charge in [-0.25, -0.2) is 4.79 Å². The fourth-order valence-electron chi connectivity index (χ4n) is 10.2. The van der Waals surface area contributed by atoms with Gasteiger partial charge in [0.25, 0.3) is 0 Å². The third-order valence-corrected chi connectivity index (χ3v) is 13.3. The number of hydrogen-bond donors (Lipinski definition) is 1. The number of carbonyl (C=O) groups excluding carboxylic acids is 3. The summed E-state index contributed by atoms with van der Waals surface area (Å²) in [5.41, 5.74) is 4.26. The fraction of sp³-hybridized carbons (Fsp3) is 0.674. The molecular weight excluding hydrogens is 753 g/mol. The Morgan fingerprint density at radius 3 is 2.03 bits per heavy atom. The number of fused-ring (bicyclic) bond motifs is 4. The number of benzene rings is 2. The van der Waals surface area contributed by atoms with Crippen LogP contribution in [0.2, 0.25) is 0 Å². The van der Waals surface area contributed by atoms with E-state index in [0.717, 1.165) is 68.7 Å². The molecule has 2 aromatic rings. The van der Waals surface area contributed by atoms with Gasteiger partial charge in [-0.3, -0.25) is 14.5 Å². The van der Waals surface area contributed by atoms with Crippen LogP contribution in [0.1, 0.15) is 107 Å². The van der Waals surface area contributed by atoms with Crippen LogP contribution in [-0.2, 0) is 31.9 Å². The molecule has 2 saturated heterocycles. The van der Waals surface area contributed by atoms with Gasteiger partial charge in [0.2, 0.25) is 11.8 Å². The van der Waals surface area contributed by atoms with E-state index in [4.69, 9.17) is 28.4 Å². The van der Waals surface area contributed by atoms with E-state index in [1.807, 2.05) is 32.6 Å². The van der Waals surface area contributed by atoms with Crippen LogP contribution in [0.15, 0.2) is 24.3 Å². The van der Waals surface area contributed by atoms with Crippen LogP contribution in [0.3, 0.4) is 0 Å². The first-order valence-electron chi connectivity index (χ1n) is 21.6. The lowest BCUT2D eigenvalue weighted by atomic mass is 9.72. The number of piperidine rings is 1. The molecule has 2 aromatic carbocycles. The molecule has 0 unspecified atom stereocenters. The average molecular weight is 821 g/mol. The fourth-order valence-corrected chi connectivity index (χ4v) is 10.2. The highest BCUT2D eigenvalue weighted by atomic mass is 16.6. The summed E-state index contributed by atoms with van der Waals surface area (Å²) in [6.45, 7) is 13.0. The molecule has 59 heavy (non-hydrogen) atoms. The van der Waals surface area contributed by atoms with E-state index in [0.29, 0.717) is 42.8 Å². The van der Waals surface area contributed by atoms with Crippen LogP contribution in [-0.4, -0.2) is 119 Å². The summed E-state index contributed by atoms with van der Waals surface area (Å²) < 4.78 is 34.5. The Bertz CT molecular complexity index is 1810. The molecule has 4 heterocycles. The van der Waals surface area contributed by atoms with Crippen LogP contribution >= 0.6 is 0 Å². The second kappa shape index (κ2) is 19.0. The van der Waals surface area contributed by atoms with Crippen LogP contribution in [0.5, 0.6) is 23.0 Å². The summed E-state index contributed by atoms with van der Waals surface area (Å²) in [7, 11) is 8.26. The normalized spacial score (nSPS) is 23.9. The van der Waals surface area contributed by atoms with Gasteiger partial charge >= 0.3 is 6.09 Å². The second-order valence-corrected chi connectivity index (χ2v) is 17.7. The molecule has 6 rings (SSSR count). The molecule has 4 aliphatic heterocycles. The molecule has 0 bridgehead atoms. The summed E-state index contributed by atoms with van der Waals surface area (Å²) >= 11 is 0. The van der Waals surface area contributed by atoms with Gasteiger partial charge in [-0.05, 0) is 118 Å². The monoisotopic (exact) mass is 820 g/mol. The standard InChI is InChI=1S/C46H68N4O9/c1-11-29-27-48-19-15-30-23-38(54-6)40(56-8)25-33(30)36(48)21-32(29)22-37-34-26-41(57-9)39(55-7)24-31(34)16-20-49(37)42(51)14-17-47-44(52)28(2)43(58-10)35-13-12-18-50(35)45(53)59-46(3,4)5/h23-26,28-29,32,35-37,43H,11-22,27H2,1-10H3,(H,47,52)/t28-,29+,32-,35+,36+,37-,43-/m1/s1. The highest BCUT2D eigenvalue weighted by Crippen LogP contribution is 2.49. The minimum absolute atomic E-state index is 0.00361. The van der Waals surface area contributed by atoms with E-state index < -0.39 is 23.7 Å². The molecule has 7 atom stereocenters. The lowest BCUT2D eigenvalue weighted by molar-refractivity contribution is -0.135. The molecule has 0 radical (unpaired) electrons. The van der Waals surface area contributed by atoms with Crippen molar-refractivity contribution in [2.45, 2.75) is 116 Å². The number of likely N-dealkylation sites (tertiary alicyclic amines) is 1. The minimum atomic E-state index is -0.628. The largest absolute Gasteiger partial charge is 0.493 e. The molecule has 3 amide bonds. The van der Waals surface area contributed by atoms with Gasteiger partial charge in [0.15, 0.2) is 23.0 Å². The third-order valence-electron chi connectivity index (χ3n) is 13.3. The van der Waals surface area contributed by atoms with E-state index in [1.165, 1.54) is 16.7 Å². The first-order valence-corrected chi connectivity index (χ1v) is 21.6. The van der Waals surface area contributed by atoms with Gasteiger partial charge in [-0.2, -0.15) is 0 Å². The molecule has 13 nitrogen and oxygen atoms in total. The molecule has 0 aromatic heterocycles. The predicted octanol–water partition coefficient (Wildman–Crippen LogP) is 6.74. The molecule has 326 valence electrons. The van der Waals surface area contributed by atoms with Crippen molar-refractivity contribution in [3.8, 4) is 23.0 Å². The summed E-state index contributed by atoms with van der Waals surface area (Å²) in [4.78, 5) is 47.5. The number of ether oxygens (including phenoxy) is 6. The van der Waals surface area contributed by atoms with E-state index in [1.54, 1.807) is 40.4 Å². The van der Waals surface area contributed by atoms with Crippen LogP contribution in [0.25, 0.3) is 0 Å². The highest BCUT2D eigenvalue weighted by molar-refractivity contribution is 5.81. The number of methoxy groups -OCH3 is 5. The zero-order chi connectivity index (χ0) is 42.6. The number of nitrogens with one attached hydrogen (secondary N) is 1. The Labute approximate surface area is 351 Å². The van der Waals surface area contributed by atoms with Crippen molar-refractivity contribution in [3.05, 3.63) is 46.5 Å². The van der Waals surface area contributed by atoms with Crippen molar-refractivity contribution < 1.29 is 42.8 Å². The van der Waals surface area contributed by atoms with Crippen molar-refractivity contribution in [3.63, 3.8) is 0 Å². The number of amides is 3. The molecule has 2 fully saturated rings. The lowest BCUT2D eigenvalue weighted by Crippen LogP contribution is -2.51. The quantitative estimate of drug-likeness (QED) is 0.219.